The van der Waals surface area contributed by atoms with E-state index >= 15 is 0 Å². The Kier molecular flexibility index (Phi) is 3.97. The Bertz CT molecular complexity index is 871. The Balaban J connectivity index is 1.99. The first-order chi connectivity index (χ1) is 11.9. The third-order valence-corrected chi connectivity index (χ3v) is 4.51. The van der Waals surface area contributed by atoms with Gasteiger partial charge < -0.3 is 10.2 Å². The van der Waals surface area contributed by atoms with E-state index in [0.29, 0.717) is 5.56 Å². The van der Waals surface area contributed by atoms with Crippen LogP contribution in [0.5, 0.6) is 0 Å². The summed E-state index contributed by atoms with van der Waals surface area (Å²) >= 11 is 0. The zero-order valence-corrected chi connectivity index (χ0v) is 13.4. The Morgan fingerprint density at radius 1 is 0.917 bits per heavy atom. The molecule has 120 valence electrons. The molecule has 3 aromatic rings. The van der Waals surface area contributed by atoms with Crippen molar-refractivity contribution in [2.45, 2.75) is 0 Å². The Morgan fingerprint density at radius 3 is 2.29 bits per heavy atom. The van der Waals surface area contributed by atoms with Gasteiger partial charge in [0.05, 0.1) is 11.3 Å². The first-order valence-electron chi connectivity index (χ1n) is 8.27. The minimum absolute atomic E-state index is 0.687. The van der Waals surface area contributed by atoms with Crippen molar-refractivity contribution in [2.75, 3.05) is 31.1 Å². The van der Waals surface area contributed by atoms with Crippen molar-refractivity contribution in [3.05, 3.63) is 60.2 Å². The van der Waals surface area contributed by atoms with Crippen LogP contribution >= 0.6 is 0 Å². The van der Waals surface area contributed by atoms with E-state index in [2.05, 4.69) is 22.3 Å². The lowest BCUT2D eigenvalue weighted by atomic mass is 10.00. The maximum atomic E-state index is 11.8. The third-order valence-electron chi connectivity index (χ3n) is 4.51. The van der Waals surface area contributed by atoms with Crippen LogP contribution in [0.15, 0.2) is 54.6 Å². The minimum Gasteiger partial charge on any atom is -0.353 e. The van der Waals surface area contributed by atoms with Crippen molar-refractivity contribution < 1.29 is 4.79 Å². The maximum absolute atomic E-state index is 11.8. The molecule has 2 aromatic carbocycles. The van der Waals surface area contributed by atoms with Crippen molar-refractivity contribution in [1.82, 2.24) is 10.3 Å². The van der Waals surface area contributed by atoms with Crippen LogP contribution in [0.25, 0.3) is 22.0 Å². The molecule has 4 heteroatoms. The number of pyridine rings is 1. The molecule has 1 fully saturated rings. The summed E-state index contributed by atoms with van der Waals surface area (Å²) in [5.41, 5.74) is 2.69. The summed E-state index contributed by atoms with van der Waals surface area (Å²) in [6.07, 6.45) is 0.946. The van der Waals surface area contributed by atoms with Gasteiger partial charge in [0.2, 0.25) is 0 Å². The molecule has 0 bridgehead atoms. The van der Waals surface area contributed by atoms with Gasteiger partial charge >= 0.3 is 0 Å². The van der Waals surface area contributed by atoms with E-state index in [9.17, 15) is 4.79 Å². The van der Waals surface area contributed by atoms with Crippen molar-refractivity contribution in [3.63, 3.8) is 0 Å². The van der Waals surface area contributed by atoms with Gasteiger partial charge in [-0.2, -0.15) is 0 Å². The zero-order valence-electron chi connectivity index (χ0n) is 13.4. The molecule has 2 heterocycles. The lowest BCUT2D eigenvalue weighted by Crippen LogP contribution is -2.44. The number of aromatic nitrogens is 1. The number of hydrogen-bond acceptors (Lipinski definition) is 4. The summed E-state index contributed by atoms with van der Waals surface area (Å²) in [4.78, 5) is 19.0. The fourth-order valence-corrected chi connectivity index (χ4v) is 3.32. The number of carbonyl (C=O) groups excluding carboxylic acids is 1. The molecule has 0 amide bonds. The van der Waals surface area contributed by atoms with Crippen molar-refractivity contribution in [1.29, 1.82) is 0 Å². The molecular formula is C20H19N3O. The topological polar surface area (TPSA) is 45.2 Å². The fourth-order valence-electron chi connectivity index (χ4n) is 3.32. The number of piperazine rings is 1. The number of hydrogen-bond donors (Lipinski definition) is 1. The molecule has 0 radical (unpaired) electrons. The fraction of sp³-hybridized carbons (Fsp3) is 0.200. The Hall–Kier alpha value is -2.72. The molecule has 1 saturated heterocycles. The zero-order chi connectivity index (χ0) is 16.4. The van der Waals surface area contributed by atoms with Crippen LogP contribution in [0.1, 0.15) is 10.4 Å². The van der Waals surface area contributed by atoms with Gasteiger partial charge in [0.1, 0.15) is 5.82 Å². The molecular weight excluding hydrogens is 298 g/mol. The molecule has 0 saturated carbocycles. The first-order valence-corrected chi connectivity index (χ1v) is 8.27. The Morgan fingerprint density at radius 2 is 1.58 bits per heavy atom. The summed E-state index contributed by atoms with van der Waals surface area (Å²) in [6.45, 7) is 3.54. The standard InChI is InChI=1S/C20H19N3O/c24-14-18-16-8-4-5-9-17(16)19(15-6-2-1-3-7-15)22-20(18)23-12-10-21-11-13-23/h1-9,14,21H,10-13H2. The SMILES string of the molecule is O=Cc1c(N2CCNCC2)nc(-c2ccccc2)c2ccccc12. The second kappa shape index (κ2) is 6.42. The van der Waals surface area contributed by atoms with Crippen LogP contribution in [0.2, 0.25) is 0 Å². The van der Waals surface area contributed by atoms with E-state index in [1.165, 1.54) is 0 Å². The van der Waals surface area contributed by atoms with Crippen LogP contribution in [0.4, 0.5) is 5.82 Å². The second-order valence-corrected chi connectivity index (χ2v) is 5.96. The molecule has 0 unspecified atom stereocenters. The number of fused-ring (bicyclic) bond motifs is 1. The highest BCUT2D eigenvalue weighted by atomic mass is 16.1. The number of anilines is 1. The van der Waals surface area contributed by atoms with Gasteiger partial charge in [-0.15, -0.1) is 0 Å². The maximum Gasteiger partial charge on any atom is 0.154 e. The highest BCUT2D eigenvalue weighted by Gasteiger charge is 2.20. The summed E-state index contributed by atoms with van der Waals surface area (Å²) in [5, 5.41) is 5.33. The van der Waals surface area contributed by atoms with Crippen molar-refractivity contribution in [3.8, 4) is 11.3 Å². The quantitative estimate of drug-likeness (QED) is 0.754. The number of nitrogens with one attached hydrogen (secondary N) is 1. The highest BCUT2D eigenvalue weighted by molar-refractivity contribution is 6.07. The van der Waals surface area contributed by atoms with Gasteiger partial charge in [0.25, 0.3) is 0 Å². The van der Waals surface area contributed by atoms with E-state index in [1.807, 2.05) is 42.5 Å². The number of carbonyl (C=O) groups is 1. The van der Waals surface area contributed by atoms with Gasteiger partial charge in [-0.1, -0.05) is 54.6 Å². The molecule has 4 rings (SSSR count). The molecule has 1 aliphatic heterocycles. The normalized spacial score (nSPS) is 14.8. The highest BCUT2D eigenvalue weighted by Crippen LogP contribution is 2.33. The average Bonchev–Trinajstić information content (AvgIpc) is 2.68. The summed E-state index contributed by atoms with van der Waals surface area (Å²) in [7, 11) is 0. The van der Waals surface area contributed by atoms with Crippen LogP contribution in [-0.4, -0.2) is 37.4 Å². The predicted molar refractivity (Wildman–Crippen MR) is 97.6 cm³/mol. The van der Waals surface area contributed by atoms with E-state index < -0.39 is 0 Å². The van der Waals surface area contributed by atoms with Crippen molar-refractivity contribution >= 4 is 22.9 Å². The van der Waals surface area contributed by atoms with Gasteiger partial charge in [-0.05, 0) is 5.39 Å². The summed E-state index contributed by atoms with van der Waals surface area (Å²) in [5.74, 6) is 0.795. The van der Waals surface area contributed by atoms with Crippen LogP contribution < -0.4 is 10.2 Å². The minimum atomic E-state index is 0.687. The van der Waals surface area contributed by atoms with E-state index in [0.717, 1.165) is 60.3 Å². The van der Waals surface area contributed by atoms with Gasteiger partial charge in [-0.3, -0.25) is 4.79 Å². The third kappa shape index (κ3) is 2.55. The molecule has 4 nitrogen and oxygen atoms in total. The molecule has 0 aliphatic carbocycles. The lowest BCUT2D eigenvalue weighted by Gasteiger charge is -2.30. The van der Waals surface area contributed by atoms with E-state index in [1.54, 1.807) is 0 Å². The van der Waals surface area contributed by atoms with Crippen LogP contribution in [-0.2, 0) is 0 Å². The predicted octanol–water partition coefficient (Wildman–Crippen LogP) is 3.12. The molecule has 0 atom stereocenters. The average molecular weight is 317 g/mol. The molecule has 24 heavy (non-hydrogen) atoms. The van der Waals surface area contributed by atoms with Crippen molar-refractivity contribution in [2.24, 2.45) is 0 Å². The van der Waals surface area contributed by atoms with Gasteiger partial charge in [0.15, 0.2) is 6.29 Å². The van der Waals surface area contributed by atoms with Gasteiger partial charge in [-0.25, -0.2) is 4.98 Å². The Labute approximate surface area is 141 Å². The first kappa shape index (κ1) is 14.8. The number of benzene rings is 2. The number of aldehydes is 1. The van der Waals surface area contributed by atoms with Gasteiger partial charge in [0, 0.05) is 37.1 Å². The number of rotatable bonds is 3. The number of nitrogens with zero attached hydrogens (tertiary/aromatic N) is 2. The molecule has 1 aliphatic rings. The van der Waals surface area contributed by atoms with Crippen LogP contribution in [0, 0.1) is 0 Å². The molecule has 1 N–H and O–H groups in total. The molecule has 0 spiro atoms. The summed E-state index contributed by atoms with van der Waals surface area (Å²) < 4.78 is 0. The largest absolute Gasteiger partial charge is 0.353 e. The van der Waals surface area contributed by atoms with E-state index in [4.69, 9.17) is 4.98 Å². The smallest absolute Gasteiger partial charge is 0.154 e. The second-order valence-electron chi connectivity index (χ2n) is 5.96. The molecule has 1 aromatic heterocycles. The summed E-state index contributed by atoms with van der Waals surface area (Å²) in [6, 6.07) is 18.2. The monoisotopic (exact) mass is 317 g/mol. The lowest BCUT2D eigenvalue weighted by molar-refractivity contribution is 0.112. The van der Waals surface area contributed by atoms with E-state index in [-0.39, 0.29) is 0 Å². The van der Waals surface area contributed by atoms with Crippen LogP contribution in [0.3, 0.4) is 0 Å².